The van der Waals surface area contributed by atoms with Crippen LogP contribution in [0.5, 0.6) is 5.75 Å². The molecular weight excluding hydrogens is 373 g/mol. The first-order valence-corrected chi connectivity index (χ1v) is 8.21. The second kappa shape index (κ2) is 7.06. The van der Waals surface area contributed by atoms with Crippen LogP contribution < -0.4 is 15.4 Å². The summed E-state index contributed by atoms with van der Waals surface area (Å²) in [6, 6.07) is 4.67. The van der Waals surface area contributed by atoms with Crippen molar-refractivity contribution >= 4 is 29.0 Å². The van der Waals surface area contributed by atoms with Gasteiger partial charge in [0.15, 0.2) is 5.69 Å². The van der Waals surface area contributed by atoms with E-state index in [0.29, 0.717) is 29.4 Å². The van der Waals surface area contributed by atoms with Gasteiger partial charge >= 0.3 is 6.18 Å². The maximum absolute atomic E-state index is 13.2. The molecule has 3 rings (SSSR count). The molecule has 0 atom stereocenters. The van der Waals surface area contributed by atoms with Crippen molar-refractivity contribution in [1.29, 1.82) is 0 Å². The summed E-state index contributed by atoms with van der Waals surface area (Å²) in [5.74, 6) is 0.0769. The summed E-state index contributed by atoms with van der Waals surface area (Å²) >= 11 is 5.91. The predicted molar refractivity (Wildman–Crippen MR) is 90.7 cm³/mol. The number of nitrogens with one attached hydrogen (secondary N) is 2. The van der Waals surface area contributed by atoms with E-state index in [4.69, 9.17) is 16.3 Å². The number of hydrogen-bond donors (Lipinski definition) is 2. The Balaban J connectivity index is 1.84. The Labute approximate surface area is 152 Å². The van der Waals surface area contributed by atoms with Gasteiger partial charge in [-0.3, -0.25) is 4.79 Å². The van der Waals surface area contributed by atoms with E-state index in [-0.39, 0.29) is 24.3 Å². The number of nitrogens with zero attached hydrogens (tertiary/aromatic N) is 2. The molecule has 2 N–H and O–H groups in total. The lowest BCUT2D eigenvalue weighted by atomic mass is 10.1. The number of alkyl halides is 3. The number of benzene rings is 1. The van der Waals surface area contributed by atoms with Crippen molar-refractivity contribution in [3.63, 3.8) is 0 Å². The molecule has 6 nitrogen and oxygen atoms in total. The summed E-state index contributed by atoms with van der Waals surface area (Å²) in [5.41, 5.74) is -0.528. The van der Waals surface area contributed by atoms with Crippen LogP contribution in [0, 0.1) is 0 Å². The van der Waals surface area contributed by atoms with Crippen LogP contribution in [0.15, 0.2) is 18.2 Å². The molecule has 0 spiro atoms. The van der Waals surface area contributed by atoms with E-state index < -0.39 is 17.8 Å². The SMILES string of the molecule is COc1ccc(Cl)cc1NC(=O)Cn1nc(C(F)(F)F)c2c1NCCC2. The number of amides is 1. The minimum Gasteiger partial charge on any atom is -0.495 e. The first-order valence-electron chi connectivity index (χ1n) is 7.83. The molecule has 0 aliphatic carbocycles. The molecule has 0 unspecified atom stereocenters. The van der Waals surface area contributed by atoms with Gasteiger partial charge in [-0.25, -0.2) is 4.68 Å². The first-order chi connectivity index (χ1) is 12.3. The highest BCUT2D eigenvalue weighted by atomic mass is 35.5. The molecule has 1 aliphatic rings. The Morgan fingerprint density at radius 2 is 2.23 bits per heavy atom. The zero-order valence-electron chi connectivity index (χ0n) is 13.8. The van der Waals surface area contributed by atoms with Gasteiger partial charge in [0.05, 0.1) is 12.8 Å². The third-order valence-corrected chi connectivity index (χ3v) is 4.18. The van der Waals surface area contributed by atoms with E-state index >= 15 is 0 Å². The number of rotatable bonds is 4. The van der Waals surface area contributed by atoms with Crippen LogP contribution in [0.3, 0.4) is 0 Å². The molecule has 0 saturated heterocycles. The lowest BCUT2D eigenvalue weighted by molar-refractivity contribution is -0.142. The van der Waals surface area contributed by atoms with Crippen LogP contribution in [-0.4, -0.2) is 29.3 Å². The molecule has 2 heterocycles. The van der Waals surface area contributed by atoms with Crippen molar-refractivity contribution < 1.29 is 22.7 Å². The zero-order valence-corrected chi connectivity index (χ0v) is 14.5. The first kappa shape index (κ1) is 18.4. The van der Waals surface area contributed by atoms with E-state index in [0.717, 1.165) is 4.68 Å². The molecule has 1 aromatic carbocycles. The monoisotopic (exact) mass is 388 g/mol. The second-order valence-electron chi connectivity index (χ2n) is 5.75. The molecular formula is C16H16ClF3N4O2. The Kier molecular flexibility index (Phi) is 4.99. The quantitative estimate of drug-likeness (QED) is 0.840. The number of methoxy groups -OCH3 is 1. The lowest BCUT2D eigenvalue weighted by Gasteiger charge is -2.17. The highest BCUT2D eigenvalue weighted by Gasteiger charge is 2.39. The summed E-state index contributed by atoms with van der Waals surface area (Å²) < 4.78 is 45.7. The smallest absolute Gasteiger partial charge is 0.435 e. The number of carbonyl (C=O) groups is 1. The van der Waals surface area contributed by atoms with Gasteiger partial charge in [0.1, 0.15) is 18.1 Å². The number of hydrogen-bond acceptors (Lipinski definition) is 4. The number of anilines is 2. The van der Waals surface area contributed by atoms with Crippen molar-refractivity contribution in [2.45, 2.75) is 25.6 Å². The Morgan fingerprint density at radius 3 is 2.92 bits per heavy atom. The van der Waals surface area contributed by atoms with Crippen LogP contribution in [0.4, 0.5) is 24.7 Å². The van der Waals surface area contributed by atoms with E-state index in [1.807, 2.05) is 0 Å². The second-order valence-corrected chi connectivity index (χ2v) is 6.19. The maximum Gasteiger partial charge on any atom is 0.435 e. The summed E-state index contributed by atoms with van der Waals surface area (Å²) in [6.45, 7) is 0.154. The molecule has 10 heteroatoms. The lowest BCUT2D eigenvalue weighted by Crippen LogP contribution is -2.22. The molecule has 1 amide bonds. The zero-order chi connectivity index (χ0) is 18.9. The highest BCUT2D eigenvalue weighted by Crippen LogP contribution is 2.36. The number of fused-ring (bicyclic) bond motifs is 1. The average Bonchev–Trinajstić information content (AvgIpc) is 2.94. The average molecular weight is 389 g/mol. The molecule has 26 heavy (non-hydrogen) atoms. The molecule has 2 aromatic rings. The number of ether oxygens (including phenoxy) is 1. The fourth-order valence-electron chi connectivity index (χ4n) is 2.85. The van der Waals surface area contributed by atoms with Crippen LogP contribution >= 0.6 is 11.6 Å². The van der Waals surface area contributed by atoms with Gasteiger partial charge < -0.3 is 15.4 Å². The third-order valence-electron chi connectivity index (χ3n) is 3.94. The third kappa shape index (κ3) is 3.72. The topological polar surface area (TPSA) is 68.2 Å². The molecule has 0 saturated carbocycles. The summed E-state index contributed by atoms with van der Waals surface area (Å²) in [7, 11) is 1.43. The molecule has 1 aliphatic heterocycles. The Bertz CT molecular complexity index is 836. The van der Waals surface area contributed by atoms with Crippen LogP contribution in [-0.2, 0) is 23.9 Å². The number of halogens is 4. The van der Waals surface area contributed by atoms with Crippen LogP contribution in [0.1, 0.15) is 17.7 Å². The molecule has 1 aromatic heterocycles. The van der Waals surface area contributed by atoms with Crippen molar-refractivity contribution in [2.75, 3.05) is 24.3 Å². The maximum atomic E-state index is 13.2. The standard InChI is InChI=1S/C16H16ClF3N4O2/c1-26-12-5-4-9(17)7-11(12)22-13(25)8-24-15-10(3-2-6-21-15)14(23-24)16(18,19)20/h4-5,7,21H,2-3,6,8H2,1H3,(H,22,25). The summed E-state index contributed by atoms with van der Waals surface area (Å²) in [6.07, 6.45) is -3.73. The fourth-order valence-corrected chi connectivity index (χ4v) is 3.02. The highest BCUT2D eigenvalue weighted by molar-refractivity contribution is 6.31. The molecule has 0 bridgehead atoms. The van der Waals surface area contributed by atoms with Crippen molar-refractivity contribution in [3.05, 3.63) is 34.5 Å². The van der Waals surface area contributed by atoms with Crippen molar-refractivity contribution in [3.8, 4) is 5.75 Å². The van der Waals surface area contributed by atoms with Gasteiger partial charge in [-0.1, -0.05) is 11.6 Å². The Hall–Kier alpha value is -2.42. The normalized spacial score (nSPS) is 13.7. The van der Waals surface area contributed by atoms with Crippen molar-refractivity contribution in [2.24, 2.45) is 0 Å². The molecule has 140 valence electrons. The van der Waals surface area contributed by atoms with Gasteiger partial charge in [-0.05, 0) is 31.0 Å². The van der Waals surface area contributed by atoms with Crippen LogP contribution in [0.25, 0.3) is 0 Å². The van der Waals surface area contributed by atoms with Gasteiger partial charge in [0, 0.05) is 17.1 Å². The van der Waals surface area contributed by atoms with Gasteiger partial charge in [-0.2, -0.15) is 18.3 Å². The van der Waals surface area contributed by atoms with Crippen molar-refractivity contribution in [1.82, 2.24) is 9.78 Å². The number of aromatic nitrogens is 2. The van der Waals surface area contributed by atoms with E-state index in [9.17, 15) is 18.0 Å². The minimum absolute atomic E-state index is 0.0943. The summed E-state index contributed by atoms with van der Waals surface area (Å²) in [4.78, 5) is 12.3. The molecule has 0 fully saturated rings. The minimum atomic E-state index is -4.57. The van der Waals surface area contributed by atoms with Gasteiger partial charge in [0.25, 0.3) is 0 Å². The summed E-state index contributed by atoms with van der Waals surface area (Å²) in [5, 5.41) is 9.49. The fraction of sp³-hybridized carbons (Fsp3) is 0.375. The Morgan fingerprint density at radius 1 is 1.46 bits per heavy atom. The van der Waals surface area contributed by atoms with Gasteiger partial charge in [0.2, 0.25) is 5.91 Å². The predicted octanol–water partition coefficient (Wildman–Crippen LogP) is 3.56. The van der Waals surface area contributed by atoms with E-state index in [1.165, 1.54) is 13.2 Å². The largest absolute Gasteiger partial charge is 0.495 e. The molecule has 0 radical (unpaired) electrons. The van der Waals surface area contributed by atoms with Gasteiger partial charge in [-0.15, -0.1) is 0 Å². The van der Waals surface area contributed by atoms with Crippen LogP contribution in [0.2, 0.25) is 5.02 Å². The van der Waals surface area contributed by atoms with E-state index in [1.54, 1.807) is 12.1 Å². The number of carbonyl (C=O) groups excluding carboxylic acids is 1. The van der Waals surface area contributed by atoms with E-state index in [2.05, 4.69) is 15.7 Å².